The van der Waals surface area contributed by atoms with Gasteiger partial charge in [-0.25, -0.2) is 8.42 Å². The van der Waals surface area contributed by atoms with Gasteiger partial charge >= 0.3 is 11.4 Å². The molecule has 0 aliphatic heterocycles. The number of alkyl halides is 5. The van der Waals surface area contributed by atoms with Crippen LogP contribution in [0.4, 0.5) is 22.0 Å². The van der Waals surface area contributed by atoms with Gasteiger partial charge in [0.15, 0.2) is 0 Å². The molecule has 0 aromatic rings. The maximum absolute atomic E-state index is 12.9. The van der Waals surface area contributed by atoms with Gasteiger partial charge < -0.3 is 14.9 Å². The Balaban J connectivity index is 5.06. The third-order valence-corrected chi connectivity index (χ3v) is 3.99. The normalized spacial score (nSPS) is 14.0. The van der Waals surface area contributed by atoms with Crippen LogP contribution in [0.2, 0.25) is 0 Å². The molecule has 0 spiro atoms. The van der Waals surface area contributed by atoms with E-state index in [9.17, 15) is 30.4 Å². The Bertz CT molecular complexity index is 385. The first-order valence-corrected chi connectivity index (χ1v) is 6.70. The Morgan fingerprint density at radius 1 is 0.950 bits per heavy atom. The zero-order valence-corrected chi connectivity index (χ0v) is 10.9. The maximum Gasteiger partial charge on any atom is 0.470 e. The quantitative estimate of drug-likeness (QED) is 0.450. The van der Waals surface area contributed by atoms with Crippen molar-refractivity contribution in [3.63, 3.8) is 0 Å². The summed E-state index contributed by atoms with van der Waals surface area (Å²) >= 11 is 0. The van der Waals surface area contributed by atoms with Crippen molar-refractivity contribution in [3.8, 4) is 0 Å². The van der Waals surface area contributed by atoms with Crippen molar-refractivity contribution >= 4 is 10.0 Å². The Hall–Kier alpha value is -0.560. The fourth-order valence-electron chi connectivity index (χ4n) is 1.11. The van der Waals surface area contributed by atoms with E-state index in [0.29, 0.717) is 0 Å². The van der Waals surface area contributed by atoms with Crippen molar-refractivity contribution < 1.29 is 45.3 Å². The van der Waals surface area contributed by atoms with Gasteiger partial charge in [-0.3, -0.25) is 0 Å². The van der Waals surface area contributed by atoms with Gasteiger partial charge in [-0.15, -0.1) is 0 Å². The number of hydrogen-bond donors (Lipinski definition) is 2. The third-order valence-electron chi connectivity index (χ3n) is 2.06. The molecule has 0 atom stereocenters. The second-order valence-corrected chi connectivity index (χ2v) is 5.46. The molecule has 0 rings (SSSR count). The summed E-state index contributed by atoms with van der Waals surface area (Å²) in [5.41, 5.74) is 0. The van der Waals surface area contributed by atoms with Crippen molar-refractivity contribution in [2.45, 2.75) is 11.4 Å². The van der Waals surface area contributed by atoms with Crippen LogP contribution in [0.5, 0.6) is 0 Å². The minimum atomic E-state index is -6.27. The highest BCUT2D eigenvalue weighted by atomic mass is 32.2. The summed E-state index contributed by atoms with van der Waals surface area (Å²) in [5, 5.41) is 11.0. The molecule has 0 unspecified atom stereocenters. The summed E-state index contributed by atoms with van der Waals surface area (Å²) in [7, 11) is -6.04. The SMILES string of the molecule is O=S(=O)(N(CCO)CCOCCO)C(F)(F)C(F)(F)F. The van der Waals surface area contributed by atoms with E-state index in [-0.39, 0.29) is 10.9 Å². The van der Waals surface area contributed by atoms with Crippen LogP contribution >= 0.6 is 0 Å². The van der Waals surface area contributed by atoms with E-state index in [4.69, 9.17) is 10.2 Å². The first kappa shape index (κ1) is 19.4. The standard InChI is InChI=1S/C8H14F5NO5S/c9-7(10,11)8(12,13)20(17,18)14(1-3-15)2-5-19-6-4-16/h15-16H,1-6H2. The fourth-order valence-corrected chi connectivity index (χ4v) is 2.36. The lowest BCUT2D eigenvalue weighted by Gasteiger charge is -2.27. The molecule has 0 radical (unpaired) electrons. The molecule has 0 saturated heterocycles. The molecule has 2 N–H and O–H groups in total. The Labute approximate surface area is 111 Å². The average molecular weight is 331 g/mol. The molecule has 0 bridgehead atoms. The molecule has 6 nitrogen and oxygen atoms in total. The van der Waals surface area contributed by atoms with E-state index >= 15 is 0 Å². The molecule has 0 aromatic carbocycles. The summed E-state index contributed by atoms with van der Waals surface area (Å²) < 4.78 is 89.1. The summed E-state index contributed by atoms with van der Waals surface area (Å²) in [6, 6.07) is 0. The molecular weight excluding hydrogens is 317 g/mol. The Morgan fingerprint density at radius 3 is 1.90 bits per heavy atom. The number of aliphatic hydroxyl groups excluding tert-OH is 2. The zero-order chi connectivity index (χ0) is 16.0. The maximum atomic E-state index is 12.9. The first-order valence-electron chi connectivity index (χ1n) is 5.26. The highest BCUT2D eigenvalue weighted by molar-refractivity contribution is 7.90. The van der Waals surface area contributed by atoms with Crippen molar-refractivity contribution in [1.82, 2.24) is 4.31 Å². The van der Waals surface area contributed by atoms with Crippen molar-refractivity contribution in [2.75, 3.05) is 39.5 Å². The molecule has 0 amide bonds. The molecule has 12 heteroatoms. The largest absolute Gasteiger partial charge is 0.470 e. The molecule has 0 aromatic heterocycles. The molecule has 0 aliphatic carbocycles. The molecule has 122 valence electrons. The van der Waals surface area contributed by atoms with E-state index in [1.54, 1.807) is 0 Å². The highest BCUT2D eigenvalue weighted by Crippen LogP contribution is 2.41. The van der Waals surface area contributed by atoms with E-state index in [2.05, 4.69) is 4.74 Å². The monoisotopic (exact) mass is 331 g/mol. The van der Waals surface area contributed by atoms with E-state index in [0.717, 1.165) is 0 Å². The smallest absolute Gasteiger partial charge is 0.395 e. The molecular formula is C8H14F5NO5S. The topological polar surface area (TPSA) is 87.1 Å². The minimum absolute atomic E-state index is 0.210. The van der Waals surface area contributed by atoms with Crippen LogP contribution in [0.25, 0.3) is 0 Å². The predicted molar refractivity (Wildman–Crippen MR) is 56.5 cm³/mol. The summed E-state index contributed by atoms with van der Waals surface area (Å²) in [5.74, 6) is 0. The Morgan fingerprint density at radius 2 is 1.50 bits per heavy atom. The summed E-state index contributed by atoms with van der Waals surface area (Å²) in [4.78, 5) is 0. The highest BCUT2D eigenvalue weighted by Gasteiger charge is 2.68. The first-order chi connectivity index (χ1) is 9.02. The van der Waals surface area contributed by atoms with Crippen LogP contribution in [-0.2, 0) is 14.8 Å². The van der Waals surface area contributed by atoms with Crippen LogP contribution in [-0.4, -0.2) is 73.9 Å². The van der Waals surface area contributed by atoms with Crippen LogP contribution in [0, 0.1) is 0 Å². The van der Waals surface area contributed by atoms with Crippen molar-refractivity contribution in [1.29, 1.82) is 0 Å². The number of nitrogens with zero attached hydrogens (tertiary/aromatic N) is 1. The third kappa shape index (κ3) is 4.48. The lowest BCUT2D eigenvalue weighted by molar-refractivity contribution is -0.242. The van der Waals surface area contributed by atoms with E-state index < -0.39 is 54.4 Å². The molecule has 0 aliphatic rings. The molecule has 0 heterocycles. The molecule has 0 fully saturated rings. The number of ether oxygens (including phenoxy) is 1. The lowest BCUT2D eigenvalue weighted by Crippen LogP contribution is -2.52. The second kappa shape index (κ2) is 7.45. The molecule has 20 heavy (non-hydrogen) atoms. The average Bonchev–Trinajstić information content (AvgIpc) is 2.31. The number of hydrogen-bond acceptors (Lipinski definition) is 5. The number of aliphatic hydroxyl groups is 2. The van der Waals surface area contributed by atoms with Crippen LogP contribution < -0.4 is 0 Å². The van der Waals surface area contributed by atoms with Gasteiger partial charge in [-0.2, -0.15) is 26.3 Å². The lowest BCUT2D eigenvalue weighted by atomic mass is 10.6. The second-order valence-electron chi connectivity index (χ2n) is 3.48. The number of rotatable bonds is 9. The minimum Gasteiger partial charge on any atom is -0.395 e. The van der Waals surface area contributed by atoms with Gasteiger partial charge in [0, 0.05) is 13.1 Å². The van der Waals surface area contributed by atoms with Crippen molar-refractivity contribution in [2.24, 2.45) is 0 Å². The van der Waals surface area contributed by atoms with Crippen molar-refractivity contribution in [3.05, 3.63) is 0 Å². The summed E-state index contributed by atoms with van der Waals surface area (Å²) in [6.45, 7) is -3.85. The predicted octanol–water partition coefficient (Wildman–Crippen LogP) is -0.226. The number of sulfonamides is 1. The van der Waals surface area contributed by atoms with Crippen LogP contribution in [0.3, 0.4) is 0 Å². The van der Waals surface area contributed by atoms with E-state index in [1.165, 1.54) is 0 Å². The van der Waals surface area contributed by atoms with Gasteiger partial charge in [0.2, 0.25) is 0 Å². The Kier molecular flexibility index (Phi) is 7.24. The molecule has 0 saturated carbocycles. The number of halogens is 5. The van der Waals surface area contributed by atoms with Gasteiger partial charge in [0.1, 0.15) is 0 Å². The van der Waals surface area contributed by atoms with Crippen LogP contribution in [0.1, 0.15) is 0 Å². The van der Waals surface area contributed by atoms with Gasteiger partial charge in [-0.05, 0) is 0 Å². The van der Waals surface area contributed by atoms with Crippen LogP contribution in [0.15, 0.2) is 0 Å². The fraction of sp³-hybridized carbons (Fsp3) is 1.00. The zero-order valence-electron chi connectivity index (χ0n) is 10.1. The van der Waals surface area contributed by atoms with Gasteiger partial charge in [0.05, 0.1) is 26.4 Å². The summed E-state index contributed by atoms with van der Waals surface area (Å²) in [6.07, 6.45) is -6.27. The van der Waals surface area contributed by atoms with Gasteiger partial charge in [-0.1, -0.05) is 0 Å². The van der Waals surface area contributed by atoms with E-state index in [1.807, 2.05) is 0 Å². The van der Waals surface area contributed by atoms with Gasteiger partial charge in [0.25, 0.3) is 10.0 Å².